The number of benzene rings is 2. The zero-order chi connectivity index (χ0) is 19.7. The van der Waals surface area contributed by atoms with Gasteiger partial charge < -0.3 is 9.88 Å². The Labute approximate surface area is 174 Å². The number of aromatic nitrogens is 1. The molecule has 3 nitrogen and oxygen atoms in total. The normalized spacial score (nSPS) is 15.9. The number of aryl methyl sites for hydroxylation is 1. The van der Waals surface area contributed by atoms with Gasteiger partial charge in [0.2, 0.25) is 0 Å². The molecule has 0 spiro atoms. The van der Waals surface area contributed by atoms with Gasteiger partial charge in [0, 0.05) is 33.7 Å². The lowest BCUT2D eigenvalue weighted by Crippen LogP contribution is -2.22. The average molecular weight is 437 g/mol. The van der Waals surface area contributed by atoms with Crippen molar-refractivity contribution in [1.29, 1.82) is 0 Å². The largest absolute Gasteiger partial charge is 0.348 e. The Hall–Kier alpha value is -2.33. The number of nitrogens with zero attached hydrogens (tertiary/aromatic N) is 1. The fourth-order valence-corrected chi connectivity index (χ4v) is 4.57. The standard InChI is InChI=1S/C24H25BrN2O/c1-16-6-11-23-20(12-16)13-17(2)27(23)22-9-7-19(8-10-22)24(28)26-15-18-4-3-5-21(25)14-18/h3-5,7-10,13-14,16H,6,11-12,15H2,1-2H3,(H,26,28)/t16-/m0/s1. The van der Waals surface area contributed by atoms with E-state index in [-0.39, 0.29) is 5.91 Å². The van der Waals surface area contributed by atoms with Gasteiger partial charge in [0.15, 0.2) is 0 Å². The fraction of sp³-hybridized carbons (Fsp3) is 0.292. The zero-order valence-corrected chi connectivity index (χ0v) is 17.9. The Morgan fingerprint density at radius 3 is 2.71 bits per heavy atom. The Morgan fingerprint density at radius 1 is 1.18 bits per heavy atom. The van der Waals surface area contributed by atoms with Crippen LogP contribution in [0.25, 0.3) is 5.69 Å². The van der Waals surface area contributed by atoms with Gasteiger partial charge in [-0.3, -0.25) is 4.79 Å². The second kappa shape index (κ2) is 7.96. The van der Waals surface area contributed by atoms with Gasteiger partial charge in [-0.15, -0.1) is 0 Å². The monoisotopic (exact) mass is 436 g/mol. The van der Waals surface area contributed by atoms with Crippen LogP contribution in [0, 0.1) is 12.8 Å². The summed E-state index contributed by atoms with van der Waals surface area (Å²) in [7, 11) is 0. The van der Waals surface area contributed by atoms with Crippen molar-refractivity contribution in [3.63, 3.8) is 0 Å². The number of carbonyl (C=O) groups is 1. The van der Waals surface area contributed by atoms with Crippen LogP contribution < -0.4 is 5.32 Å². The highest BCUT2D eigenvalue weighted by atomic mass is 79.9. The summed E-state index contributed by atoms with van der Waals surface area (Å²) in [5.74, 6) is 0.714. The Bertz CT molecular complexity index is 1000. The second-order valence-electron chi connectivity index (χ2n) is 7.80. The van der Waals surface area contributed by atoms with Crippen molar-refractivity contribution in [3.05, 3.63) is 87.1 Å². The zero-order valence-electron chi connectivity index (χ0n) is 16.3. The van der Waals surface area contributed by atoms with Crippen molar-refractivity contribution in [3.8, 4) is 5.69 Å². The molecule has 28 heavy (non-hydrogen) atoms. The lowest BCUT2D eigenvalue weighted by atomic mass is 9.89. The van der Waals surface area contributed by atoms with Crippen LogP contribution in [0.5, 0.6) is 0 Å². The number of fused-ring (bicyclic) bond motifs is 1. The summed E-state index contributed by atoms with van der Waals surface area (Å²) in [6.07, 6.45) is 3.53. The molecular weight excluding hydrogens is 412 g/mol. The van der Waals surface area contributed by atoms with E-state index in [9.17, 15) is 4.79 Å². The van der Waals surface area contributed by atoms with Gasteiger partial charge in [0.1, 0.15) is 0 Å². The number of rotatable bonds is 4. The lowest BCUT2D eigenvalue weighted by molar-refractivity contribution is 0.0951. The quantitative estimate of drug-likeness (QED) is 0.566. The van der Waals surface area contributed by atoms with Gasteiger partial charge in [-0.2, -0.15) is 0 Å². The van der Waals surface area contributed by atoms with Crippen molar-refractivity contribution in [2.75, 3.05) is 0 Å². The van der Waals surface area contributed by atoms with E-state index in [2.05, 4.69) is 57.9 Å². The second-order valence-corrected chi connectivity index (χ2v) is 8.72. The molecule has 0 aliphatic heterocycles. The molecule has 1 aliphatic rings. The molecule has 1 N–H and O–H groups in total. The van der Waals surface area contributed by atoms with Crippen LogP contribution in [0.4, 0.5) is 0 Å². The van der Waals surface area contributed by atoms with Gasteiger partial charge in [-0.05, 0) is 85.7 Å². The van der Waals surface area contributed by atoms with Crippen LogP contribution in [0.1, 0.15) is 46.2 Å². The van der Waals surface area contributed by atoms with E-state index in [1.54, 1.807) is 0 Å². The average Bonchev–Trinajstić information content (AvgIpc) is 3.01. The van der Waals surface area contributed by atoms with E-state index in [4.69, 9.17) is 0 Å². The van der Waals surface area contributed by atoms with Gasteiger partial charge in [-0.25, -0.2) is 0 Å². The predicted molar refractivity (Wildman–Crippen MR) is 117 cm³/mol. The van der Waals surface area contributed by atoms with Crippen molar-refractivity contribution in [1.82, 2.24) is 9.88 Å². The van der Waals surface area contributed by atoms with Gasteiger partial charge in [-0.1, -0.05) is 35.0 Å². The van der Waals surface area contributed by atoms with Crippen molar-refractivity contribution in [2.24, 2.45) is 5.92 Å². The Balaban J connectivity index is 1.49. The highest BCUT2D eigenvalue weighted by Crippen LogP contribution is 2.30. The molecule has 3 aromatic rings. The third-order valence-electron chi connectivity index (χ3n) is 5.55. The highest BCUT2D eigenvalue weighted by Gasteiger charge is 2.21. The molecule has 1 aliphatic carbocycles. The van der Waals surface area contributed by atoms with Crippen molar-refractivity contribution >= 4 is 21.8 Å². The first-order chi connectivity index (χ1) is 13.5. The summed E-state index contributed by atoms with van der Waals surface area (Å²) >= 11 is 3.46. The molecular formula is C24H25BrN2O. The minimum absolute atomic E-state index is 0.0494. The van der Waals surface area contributed by atoms with E-state index < -0.39 is 0 Å². The number of nitrogens with one attached hydrogen (secondary N) is 1. The number of carbonyl (C=O) groups excluding carboxylic acids is 1. The van der Waals surface area contributed by atoms with E-state index in [0.29, 0.717) is 12.1 Å². The molecule has 0 fully saturated rings. The van der Waals surface area contributed by atoms with Gasteiger partial charge in [0.05, 0.1) is 0 Å². The van der Waals surface area contributed by atoms with Crippen LogP contribution in [0.15, 0.2) is 59.1 Å². The smallest absolute Gasteiger partial charge is 0.251 e. The molecule has 4 heteroatoms. The third kappa shape index (κ3) is 3.93. The minimum Gasteiger partial charge on any atom is -0.348 e. The summed E-state index contributed by atoms with van der Waals surface area (Å²) in [5.41, 5.74) is 7.08. The highest BCUT2D eigenvalue weighted by molar-refractivity contribution is 9.10. The maximum absolute atomic E-state index is 12.5. The van der Waals surface area contributed by atoms with Crippen LogP contribution in [-0.2, 0) is 19.4 Å². The summed E-state index contributed by atoms with van der Waals surface area (Å²) < 4.78 is 3.37. The number of halogens is 1. The molecule has 0 radical (unpaired) electrons. The van der Waals surface area contributed by atoms with Crippen molar-refractivity contribution in [2.45, 2.75) is 39.7 Å². The van der Waals surface area contributed by atoms with E-state index in [0.717, 1.165) is 28.1 Å². The summed E-state index contributed by atoms with van der Waals surface area (Å²) in [6, 6.07) is 18.2. The molecule has 0 saturated heterocycles. The molecule has 144 valence electrons. The van der Waals surface area contributed by atoms with Crippen LogP contribution in [-0.4, -0.2) is 10.5 Å². The summed E-state index contributed by atoms with van der Waals surface area (Å²) in [6.45, 7) is 5.02. The molecule has 0 bridgehead atoms. The van der Waals surface area contributed by atoms with E-state index in [1.165, 1.54) is 29.8 Å². The van der Waals surface area contributed by atoms with Crippen LogP contribution in [0.2, 0.25) is 0 Å². The topological polar surface area (TPSA) is 34.0 Å². The molecule has 4 rings (SSSR count). The fourth-order valence-electron chi connectivity index (χ4n) is 4.12. The molecule has 0 saturated carbocycles. The molecule has 1 amide bonds. The first kappa shape index (κ1) is 19.0. The first-order valence-corrected chi connectivity index (χ1v) is 10.6. The molecule has 1 atom stereocenters. The number of hydrogen-bond acceptors (Lipinski definition) is 1. The lowest BCUT2D eigenvalue weighted by Gasteiger charge is -2.21. The van der Waals surface area contributed by atoms with Crippen LogP contribution >= 0.6 is 15.9 Å². The maximum Gasteiger partial charge on any atom is 0.251 e. The first-order valence-electron chi connectivity index (χ1n) is 9.84. The Morgan fingerprint density at radius 2 is 1.96 bits per heavy atom. The maximum atomic E-state index is 12.5. The number of hydrogen-bond donors (Lipinski definition) is 1. The Kier molecular flexibility index (Phi) is 5.40. The summed E-state index contributed by atoms with van der Waals surface area (Å²) in [4.78, 5) is 12.5. The van der Waals surface area contributed by atoms with Crippen molar-refractivity contribution < 1.29 is 4.79 Å². The van der Waals surface area contributed by atoms with Crippen LogP contribution in [0.3, 0.4) is 0 Å². The molecule has 2 aromatic carbocycles. The molecule has 0 unspecified atom stereocenters. The number of amides is 1. The molecule has 1 aromatic heterocycles. The third-order valence-corrected chi connectivity index (χ3v) is 6.04. The predicted octanol–water partition coefficient (Wildman–Crippen LogP) is 5.60. The van der Waals surface area contributed by atoms with Gasteiger partial charge >= 0.3 is 0 Å². The van der Waals surface area contributed by atoms with E-state index in [1.807, 2.05) is 36.4 Å². The SMILES string of the molecule is Cc1cc2c(n1-c1ccc(C(=O)NCc3cccc(Br)c3)cc1)CC[C@H](C)C2. The van der Waals surface area contributed by atoms with E-state index >= 15 is 0 Å². The molecule has 1 heterocycles. The van der Waals surface area contributed by atoms with Gasteiger partial charge in [0.25, 0.3) is 5.91 Å². The summed E-state index contributed by atoms with van der Waals surface area (Å²) in [5, 5.41) is 3.00. The minimum atomic E-state index is -0.0494.